The lowest BCUT2D eigenvalue weighted by atomic mass is 9.78. The summed E-state index contributed by atoms with van der Waals surface area (Å²) in [5, 5.41) is 26.8. The van der Waals surface area contributed by atoms with E-state index in [0.717, 1.165) is 93.8 Å². The quantitative estimate of drug-likeness (QED) is 0.170. The number of piperazine rings is 1. The maximum absolute atomic E-state index is 13.0. The van der Waals surface area contributed by atoms with Crippen molar-refractivity contribution in [2.45, 2.75) is 69.9 Å². The summed E-state index contributed by atoms with van der Waals surface area (Å²) in [5.74, 6) is 3.21. The maximum atomic E-state index is 13.0. The Kier molecular flexibility index (Phi) is 8.25. The van der Waals surface area contributed by atoms with Crippen LogP contribution in [0, 0.1) is 11.8 Å². The van der Waals surface area contributed by atoms with Gasteiger partial charge < -0.3 is 25.2 Å². The van der Waals surface area contributed by atoms with Crippen LogP contribution in [0.2, 0.25) is 0 Å². The predicted molar refractivity (Wildman–Crippen MR) is 184 cm³/mol. The normalized spacial score (nSPS) is 24.8. The van der Waals surface area contributed by atoms with E-state index in [-0.39, 0.29) is 6.09 Å². The standard InChI is InChI=1S/C37H45N5O4S/c43-35-32-26-14-15-27(20-26)33(32)36(44)41(35)22-28-10-4-5-11-29(28)23-42(24-46-37(45)38-21-25-8-2-1-3-9-25)18-16-40(17-19-42)34-30-12-6-7-13-31(30)47-39-34/h1-3,6-9,12-13,26-29H,4-5,10-11,14-24H2,(H2-,38,43,44,45)/p+1. The van der Waals surface area contributed by atoms with Gasteiger partial charge in [-0.05, 0) is 79.1 Å². The largest absolute Gasteiger partial charge is 0.494 e. The van der Waals surface area contributed by atoms with Gasteiger partial charge in [-0.3, -0.25) is 9.05 Å². The van der Waals surface area contributed by atoms with E-state index in [2.05, 4.69) is 34.5 Å². The number of amides is 1. The van der Waals surface area contributed by atoms with Gasteiger partial charge in [0.1, 0.15) is 0 Å². The minimum atomic E-state index is -0.384. The van der Waals surface area contributed by atoms with Gasteiger partial charge in [-0.2, -0.15) is 4.37 Å². The zero-order valence-electron chi connectivity index (χ0n) is 27.0. The van der Waals surface area contributed by atoms with Crippen molar-refractivity contribution in [2.75, 3.05) is 44.4 Å². The Balaban J connectivity index is 0.998. The molecule has 2 bridgehead atoms. The van der Waals surface area contributed by atoms with Crippen LogP contribution in [0.4, 0.5) is 10.6 Å². The van der Waals surface area contributed by atoms with Crippen LogP contribution >= 0.6 is 11.5 Å². The summed E-state index contributed by atoms with van der Waals surface area (Å²) in [6.45, 7) is 5.72. The summed E-state index contributed by atoms with van der Waals surface area (Å²) in [5.41, 5.74) is 3.09. The Morgan fingerprint density at radius 3 is 2.34 bits per heavy atom. The van der Waals surface area contributed by atoms with Crippen LogP contribution in [0.25, 0.3) is 10.1 Å². The number of hydrogen-bond acceptors (Lipinski definition) is 7. The first-order valence-electron chi connectivity index (χ1n) is 17.5. The molecule has 0 spiro atoms. The molecule has 3 heterocycles. The number of anilines is 1. The molecule has 1 aliphatic heterocycles. The number of aromatic hydroxyl groups is 2. The third kappa shape index (κ3) is 5.84. The molecular weight excluding hydrogens is 611 g/mol. The second kappa shape index (κ2) is 12.7. The minimum absolute atomic E-state index is 0.306. The molecule has 3 aliphatic carbocycles. The fourth-order valence-electron chi connectivity index (χ4n) is 9.20. The maximum Gasteiger partial charge on any atom is 0.411 e. The van der Waals surface area contributed by atoms with Crippen molar-refractivity contribution in [1.82, 2.24) is 14.3 Å². The van der Waals surface area contributed by atoms with Crippen LogP contribution in [0.3, 0.4) is 0 Å². The number of rotatable bonds is 9. The Labute approximate surface area is 280 Å². The molecule has 1 amide bonds. The summed E-state index contributed by atoms with van der Waals surface area (Å²) in [4.78, 5) is 15.4. The lowest BCUT2D eigenvalue weighted by molar-refractivity contribution is -0.947. The number of hydrogen-bond donors (Lipinski definition) is 3. The molecule has 8 rings (SSSR count). The van der Waals surface area contributed by atoms with Gasteiger partial charge in [-0.15, -0.1) is 0 Å². The van der Waals surface area contributed by atoms with Gasteiger partial charge in [0.25, 0.3) is 0 Å². The third-order valence-electron chi connectivity index (χ3n) is 11.7. The molecule has 4 aromatic rings. The number of nitrogens with zero attached hydrogens (tertiary/aromatic N) is 4. The van der Waals surface area contributed by atoms with E-state index in [0.29, 0.717) is 59.7 Å². The number of benzene rings is 2. The first-order valence-corrected chi connectivity index (χ1v) is 18.3. The van der Waals surface area contributed by atoms with Crippen molar-refractivity contribution in [3.8, 4) is 11.8 Å². The highest BCUT2D eigenvalue weighted by Gasteiger charge is 2.45. The second-order valence-corrected chi connectivity index (χ2v) is 15.3. The number of alkyl carbamates (subject to hydrolysis) is 1. The Bertz CT molecular complexity index is 1700. The Hall–Kier alpha value is -3.76. The van der Waals surface area contributed by atoms with Crippen molar-refractivity contribution >= 4 is 33.5 Å². The molecule has 10 heteroatoms. The van der Waals surface area contributed by atoms with Crippen molar-refractivity contribution in [3.63, 3.8) is 0 Å². The van der Waals surface area contributed by atoms with Gasteiger partial charge in [0.2, 0.25) is 6.73 Å². The van der Waals surface area contributed by atoms with Crippen molar-refractivity contribution in [3.05, 3.63) is 71.3 Å². The van der Waals surface area contributed by atoms with Crippen LogP contribution in [-0.4, -0.2) is 69.2 Å². The molecule has 9 nitrogen and oxygen atoms in total. The summed E-state index contributed by atoms with van der Waals surface area (Å²) in [6.07, 6.45) is 7.46. The van der Waals surface area contributed by atoms with Crippen LogP contribution in [0.1, 0.15) is 73.5 Å². The molecule has 4 unspecified atom stereocenters. The van der Waals surface area contributed by atoms with E-state index in [1.807, 2.05) is 34.9 Å². The average Bonchev–Trinajstić information content (AvgIpc) is 3.89. The topological polar surface area (TPSA) is 99.8 Å². The lowest BCUT2D eigenvalue weighted by Crippen LogP contribution is -2.63. The molecule has 3 N–H and O–H groups in total. The first-order chi connectivity index (χ1) is 23.0. The molecule has 2 saturated carbocycles. The van der Waals surface area contributed by atoms with Crippen LogP contribution in [0.15, 0.2) is 54.6 Å². The van der Waals surface area contributed by atoms with E-state index < -0.39 is 0 Å². The van der Waals surface area contributed by atoms with E-state index in [9.17, 15) is 15.0 Å². The number of nitrogens with one attached hydrogen (secondary N) is 1. The fraction of sp³-hybridized carbons (Fsp3) is 0.514. The summed E-state index contributed by atoms with van der Waals surface area (Å²) < 4.78 is 14.6. The molecular formula is C37H46N5O4S+. The number of carbonyl (C=O) groups is 1. The summed E-state index contributed by atoms with van der Waals surface area (Å²) in [6, 6.07) is 18.3. The molecule has 4 atom stereocenters. The van der Waals surface area contributed by atoms with Gasteiger partial charge in [0, 0.05) is 35.5 Å². The molecule has 248 valence electrons. The van der Waals surface area contributed by atoms with Crippen molar-refractivity contribution < 1.29 is 24.2 Å². The number of fused-ring (bicyclic) bond motifs is 6. The number of ether oxygens (including phenoxy) is 1. The molecule has 0 radical (unpaired) electrons. The number of carbonyl (C=O) groups excluding carboxylic acids is 1. The molecule has 1 saturated heterocycles. The Morgan fingerprint density at radius 2 is 1.60 bits per heavy atom. The van der Waals surface area contributed by atoms with Gasteiger partial charge in [0.05, 0.1) is 37.4 Å². The predicted octanol–water partition coefficient (Wildman–Crippen LogP) is 6.90. The highest BCUT2D eigenvalue weighted by molar-refractivity contribution is 7.13. The number of quaternary nitrogens is 1. The zero-order chi connectivity index (χ0) is 32.0. The SMILES string of the molecule is O=C(NCc1ccccc1)OC[N+]1(CC2CCCCC2Cn2c(O)c3c(c2O)C2CCC3C2)CCN(c2nsc3ccccc23)CC1. The van der Waals surface area contributed by atoms with Gasteiger partial charge >= 0.3 is 6.09 Å². The number of aromatic nitrogens is 2. The zero-order valence-corrected chi connectivity index (χ0v) is 27.8. The van der Waals surface area contributed by atoms with Gasteiger partial charge in [0.15, 0.2) is 17.6 Å². The highest BCUT2D eigenvalue weighted by Crippen LogP contribution is 2.60. The van der Waals surface area contributed by atoms with Crippen molar-refractivity contribution in [1.29, 1.82) is 0 Å². The molecule has 2 aromatic carbocycles. The smallest absolute Gasteiger partial charge is 0.411 e. The monoisotopic (exact) mass is 656 g/mol. The molecule has 3 fully saturated rings. The average molecular weight is 657 g/mol. The third-order valence-corrected chi connectivity index (χ3v) is 12.6. The van der Waals surface area contributed by atoms with Crippen molar-refractivity contribution in [2.24, 2.45) is 11.8 Å². The second-order valence-electron chi connectivity index (χ2n) is 14.5. The lowest BCUT2D eigenvalue weighted by Gasteiger charge is -2.47. The first kappa shape index (κ1) is 30.6. The Morgan fingerprint density at radius 1 is 0.915 bits per heavy atom. The van der Waals surface area contributed by atoms with Gasteiger partial charge in [-0.25, -0.2) is 4.79 Å². The van der Waals surface area contributed by atoms with E-state index in [1.165, 1.54) is 16.5 Å². The molecule has 47 heavy (non-hydrogen) atoms. The van der Waals surface area contributed by atoms with E-state index >= 15 is 0 Å². The molecule has 2 aromatic heterocycles. The van der Waals surface area contributed by atoms with Crippen LogP contribution < -0.4 is 10.2 Å². The van der Waals surface area contributed by atoms with E-state index in [4.69, 9.17) is 9.11 Å². The molecule has 4 aliphatic rings. The fourth-order valence-corrected chi connectivity index (χ4v) is 9.99. The summed E-state index contributed by atoms with van der Waals surface area (Å²) in [7, 11) is 0. The minimum Gasteiger partial charge on any atom is -0.494 e. The highest BCUT2D eigenvalue weighted by atomic mass is 32.1. The summed E-state index contributed by atoms with van der Waals surface area (Å²) >= 11 is 1.55. The van der Waals surface area contributed by atoms with Gasteiger partial charge in [-0.1, -0.05) is 55.3 Å². The van der Waals surface area contributed by atoms with Crippen LogP contribution in [0.5, 0.6) is 11.8 Å². The van der Waals surface area contributed by atoms with Crippen LogP contribution in [-0.2, 0) is 17.8 Å². The van der Waals surface area contributed by atoms with E-state index in [1.54, 1.807) is 11.5 Å².